The average Bonchev–Trinajstić information content (AvgIpc) is 2.79. The van der Waals surface area contributed by atoms with Gasteiger partial charge in [-0.2, -0.15) is 0 Å². The van der Waals surface area contributed by atoms with Crippen LogP contribution in [0.25, 0.3) is 0 Å². The first-order chi connectivity index (χ1) is 9.13. The molecule has 4 nitrogen and oxygen atoms in total. The van der Waals surface area contributed by atoms with Crippen LogP contribution in [0, 0.1) is 5.92 Å². The van der Waals surface area contributed by atoms with Gasteiger partial charge in [0.2, 0.25) is 0 Å². The van der Waals surface area contributed by atoms with Crippen molar-refractivity contribution in [2.45, 2.75) is 26.4 Å². The van der Waals surface area contributed by atoms with Crippen molar-refractivity contribution in [1.82, 2.24) is 14.7 Å². The van der Waals surface area contributed by atoms with Crippen molar-refractivity contribution >= 4 is 0 Å². The maximum atomic E-state index is 5.64. The Morgan fingerprint density at radius 1 is 1.05 bits per heavy atom. The van der Waals surface area contributed by atoms with Gasteiger partial charge in [-0.15, -0.1) is 0 Å². The second-order valence-electron chi connectivity index (χ2n) is 6.48. The fourth-order valence-corrected chi connectivity index (χ4v) is 3.08. The first kappa shape index (κ1) is 15.2. The molecule has 19 heavy (non-hydrogen) atoms. The van der Waals surface area contributed by atoms with Gasteiger partial charge in [0, 0.05) is 45.8 Å². The first-order valence-electron chi connectivity index (χ1n) is 7.88. The zero-order chi connectivity index (χ0) is 13.7. The van der Waals surface area contributed by atoms with Crippen LogP contribution in [0.3, 0.4) is 0 Å². The molecule has 0 aromatic rings. The Hall–Kier alpha value is -0.160. The number of ether oxygens (including phenoxy) is 1. The Kier molecular flexibility index (Phi) is 6.07. The molecule has 0 aromatic carbocycles. The van der Waals surface area contributed by atoms with Crippen molar-refractivity contribution in [3.05, 3.63) is 0 Å². The fourth-order valence-electron chi connectivity index (χ4n) is 3.08. The SMILES string of the molecule is CC(C)OCCN1CC[C@H](CN2CCN(C)CC2)C1. The van der Waals surface area contributed by atoms with Crippen LogP contribution in [0.1, 0.15) is 20.3 Å². The smallest absolute Gasteiger partial charge is 0.0596 e. The molecule has 0 aliphatic carbocycles. The molecule has 112 valence electrons. The molecule has 2 fully saturated rings. The highest BCUT2D eigenvalue weighted by atomic mass is 16.5. The number of rotatable bonds is 6. The monoisotopic (exact) mass is 269 g/mol. The molecule has 0 spiro atoms. The molecule has 0 radical (unpaired) electrons. The molecule has 0 aromatic heterocycles. The summed E-state index contributed by atoms with van der Waals surface area (Å²) < 4.78 is 5.64. The van der Waals surface area contributed by atoms with E-state index in [9.17, 15) is 0 Å². The third-order valence-corrected chi connectivity index (χ3v) is 4.34. The van der Waals surface area contributed by atoms with Crippen LogP contribution in [0.5, 0.6) is 0 Å². The molecule has 0 amide bonds. The molecule has 2 saturated heterocycles. The highest BCUT2D eigenvalue weighted by Gasteiger charge is 2.25. The lowest BCUT2D eigenvalue weighted by Crippen LogP contribution is -2.46. The molecule has 4 heteroatoms. The van der Waals surface area contributed by atoms with E-state index in [1.165, 1.54) is 52.2 Å². The Labute approximate surface area is 118 Å². The molecule has 0 unspecified atom stereocenters. The summed E-state index contributed by atoms with van der Waals surface area (Å²) in [6, 6.07) is 0. The molecule has 0 bridgehead atoms. The van der Waals surface area contributed by atoms with Crippen molar-refractivity contribution in [3.8, 4) is 0 Å². The topological polar surface area (TPSA) is 19.0 Å². The largest absolute Gasteiger partial charge is 0.377 e. The molecule has 0 N–H and O–H groups in total. The standard InChI is InChI=1S/C15H31N3O/c1-14(2)19-11-10-17-5-4-15(12-17)13-18-8-6-16(3)7-9-18/h14-15H,4-13H2,1-3H3/t15-/m0/s1. The van der Waals surface area contributed by atoms with Crippen LogP contribution in [0.2, 0.25) is 0 Å². The fraction of sp³-hybridized carbons (Fsp3) is 1.00. The summed E-state index contributed by atoms with van der Waals surface area (Å²) >= 11 is 0. The van der Waals surface area contributed by atoms with Crippen LogP contribution in [0.4, 0.5) is 0 Å². The van der Waals surface area contributed by atoms with Crippen molar-refractivity contribution < 1.29 is 4.74 Å². The Balaban J connectivity index is 1.59. The minimum absolute atomic E-state index is 0.365. The molecule has 2 aliphatic heterocycles. The number of hydrogen-bond donors (Lipinski definition) is 0. The summed E-state index contributed by atoms with van der Waals surface area (Å²) in [6.07, 6.45) is 1.73. The third kappa shape index (κ3) is 5.38. The second-order valence-corrected chi connectivity index (χ2v) is 6.48. The van der Waals surface area contributed by atoms with Crippen LogP contribution in [0.15, 0.2) is 0 Å². The van der Waals surface area contributed by atoms with Crippen molar-refractivity contribution in [2.75, 3.05) is 66.0 Å². The quantitative estimate of drug-likeness (QED) is 0.715. The van der Waals surface area contributed by atoms with E-state index in [1.807, 2.05) is 0 Å². The van der Waals surface area contributed by atoms with E-state index in [0.717, 1.165) is 19.1 Å². The van der Waals surface area contributed by atoms with Gasteiger partial charge in [-0.3, -0.25) is 0 Å². The van der Waals surface area contributed by atoms with Crippen LogP contribution >= 0.6 is 0 Å². The molecule has 2 aliphatic rings. The van der Waals surface area contributed by atoms with Gasteiger partial charge < -0.3 is 19.4 Å². The summed E-state index contributed by atoms with van der Waals surface area (Å²) in [6.45, 7) is 15.0. The molecule has 0 saturated carbocycles. The van der Waals surface area contributed by atoms with E-state index in [-0.39, 0.29) is 0 Å². The van der Waals surface area contributed by atoms with E-state index < -0.39 is 0 Å². The van der Waals surface area contributed by atoms with Crippen LogP contribution in [-0.2, 0) is 4.74 Å². The highest BCUT2D eigenvalue weighted by molar-refractivity contribution is 4.80. The lowest BCUT2D eigenvalue weighted by molar-refractivity contribution is 0.0621. The van der Waals surface area contributed by atoms with Gasteiger partial charge >= 0.3 is 0 Å². The molecular formula is C15H31N3O. The zero-order valence-electron chi connectivity index (χ0n) is 13.0. The van der Waals surface area contributed by atoms with Crippen LogP contribution in [-0.4, -0.2) is 86.8 Å². The molecule has 1 atom stereocenters. The van der Waals surface area contributed by atoms with Gasteiger partial charge in [-0.1, -0.05) is 0 Å². The summed E-state index contributed by atoms with van der Waals surface area (Å²) in [7, 11) is 2.23. The Bertz CT molecular complexity index is 252. The average molecular weight is 269 g/mol. The zero-order valence-corrected chi connectivity index (χ0v) is 13.0. The van der Waals surface area contributed by atoms with E-state index in [2.05, 4.69) is 35.6 Å². The predicted molar refractivity (Wildman–Crippen MR) is 79.6 cm³/mol. The molecular weight excluding hydrogens is 238 g/mol. The number of piperazine rings is 1. The van der Waals surface area contributed by atoms with Gasteiger partial charge in [-0.05, 0) is 39.8 Å². The van der Waals surface area contributed by atoms with Crippen molar-refractivity contribution in [1.29, 1.82) is 0 Å². The first-order valence-corrected chi connectivity index (χ1v) is 7.88. The summed E-state index contributed by atoms with van der Waals surface area (Å²) in [5.74, 6) is 0.877. The minimum atomic E-state index is 0.365. The highest BCUT2D eigenvalue weighted by Crippen LogP contribution is 2.17. The number of likely N-dealkylation sites (N-methyl/N-ethyl adjacent to an activating group) is 1. The lowest BCUT2D eigenvalue weighted by Gasteiger charge is -2.33. The summed E-state index contributed by atoms with van der Waals surface area (Å²) in [4.78, 5) is 7.66. The van der Waals surface area contributed by atoms with Crippen molar-refractivity contribution in [2.24, 2.45) is 5.92 Å². The lowest BCUT2D eigenvalue weighted by atomic mass is 10.1. The molecule has 2 heterocycles. The summed E-state index contributed by atoms with van der Waals surface area (Å²) in [5.41, 5.74) is 0. The number of hydrogen-bond acceptors (Lipinski definition) is 4. The van der Waals surface area contributed by atoms with E-state index in [1.54, 1.807) is 0 Å². The van der Waals surface area contributed by atoms with Crippen molar-refractivity contribution in [3.63, 3.8) is 0 Å². The van der Waals surface area contributed by atoms with E-state index in [0.29, 0.717) is 6.10 Å². The van der Waals surface area contributed by atoms with Gasteiger partial charge in [-0.25, -0.2) is 0 Å². The van der Waals surface area contributed by atoms with Gasteiger partial charge in [0.05, 0.1) is 12.7 Å². The second kappa shape index (κ2) is 7.58. The molecule has 2 rings (SSSR count). The van der Waals surface area contributed by atoms with Gasteiger partial charge in [0.1, 0.15) is 0 Å². The maximum Gasteiger partial charge on any atom is 0.0596 e. The number of likely N-dealkylation sites (tertiary alicyclic amines) is 1. The predicted octanol–water partition coefficient (Wildman–Crippen LogP) is 0.981. The normalized spacial score (nSPS) is 27.5. The van der Waals surface area contributed by atoms with E-state index >= 15 is 0 Å². The van der Waals surface area contributed by atoms with Gasteiger partial charge in [0.25, 0.3) is 0 Å². The maximum absolute atomic E-state index is 5.64. The Morgan fingerprint density at radius 3 is 2.47 bits per heavy atom. The number of nitrogens with zero attached hydrogens (tertiary/aromatic N) is 3. The van der Waals surface area contributed by atoms with E-state index in [4.69, 9.17) is 4.74 Å². The van der Waals surface area contributed by atoms with Crippen LogP contribution < -0.4 is 0 Å². The summed E-state index contributed by atoms with van der Waals surface area (Å²) in [5, 5.41) is 0. The van der Waals surface area contributed by atoms with Gasteiger partial charge in [0.15, 0.2) is 0 Å². The minimum Gasteiger partial charge on any atom is -0.377 e. The Morgan fingerprint density at radius 2 is 1.79 bits per heavy atom. The third-order valence-electron chi connectivity index (χ3n) is 4.34.